The molecule has 0 aliphatic carbocycles. The molecular formula is C19H20F3N5O2. The van der Waals surface area contributed by atoms with E-state index >= 15 is 0 Å². The van der Waals surface area contributed by atoms with Crippen LogP contribution in [0, 0.1) is 0 Å². The molecule has 29 heavy (non-hydrogen) atoms. The smallest absolute Gasteiger partial charge is 0.338 e. The van der Waals surface area contributed by atoms with Crippen LogP contribution in [-0.2, 0) is 19.6 Å². The molecule has 1 saturated heterocycles. The molecule has 1 aliphatic heterocycles. The summed E-state index contributed by atoms with van der Waals surface area (Å²) < 4.78 is 47.9. The number of amides is 1. The van der Waals surface area contributed by atoms with Crippen molar-refractivity contribution in [1.29, 1.82) is 0 Å². The van der Waals surface area contributed by atoms with E-state index in [9.17, 15) is 18.0 Å². The minimum absolute atomic E-state index is 0.102. The zero-order valence-electron chi connectivity index (χ0n) is 16.0. The normalized spacial score (nSPS) is 17.8. The van der Waals surface area contributed by atoms with Gasteiger partial charge in [-0.1, -0.05) is 12.1 Å². The Balaban J connectivity index is 1.70. The number of carbonyl (C=O) groups is 1. The van der Waals surface area contributed by atoms with Crippen LogP contribution < -0.4 is 0 Å². The van der Waals surface area contributed by atoms with Crippen LogP contribution in [0.4, 0.5) is 13.2 Å². The molecule has 1 amide bonds. The molecule has 0 spiro atoms. The van der Waals surface area contributed by atoms with Crippen LogP contribution in [0.2, 0.25) is 0 Å². The Kier molecular flexibility index (Phi) is 4.79. The van der Waals surface area contributed by atoms with E-state index in [1.807, 2.05) is 0 Å². The van der Waals surface area contributed by atoms with Gasteiger partial charge in [0.05, 0.1) is 28.4 Å². The predicted octanol–water partition coefficient (Wildman–Crippen LogP) is 3.56. The van der Waals surface area contributed by atoms with Gasteiger partial charge >= 0.3 is 6.18 Å². The number of aromatic nitrogens is 4. The highest BCUT2D eigenvalue weighted by atomic mass is 19.4. The van der Waals surface area contributed by atoms with Crippen molar-refractivity contribution in [3.8, 4) is 0 Å². The maximum Gasteiger partial charge on any atom is 0.417 e. The summed E-state index contributed by atoms with van der Waals surface area (Å²) in [5.74, 6) is -0.556. The third-order valence-corrected chi connectivity index (χ3v) is 5.24. The van der Waals surface area contributed by atoms with Crippen molar-refractivity contribution in [1.82, 2.24) is 24.8 Å². The van der Waals surface area contributed by atoms with E-state index in [1.165, 1.54) is 10.9 Å². The van der Waals surface area contributed by atoms with Gasteiger partial charge in [-0.2, -0.15) is 18.3 Å². The Morgan fingerprint density at radius 1 is 1.38 bits per heavy atom. The second-order valence-electron chi connectivity index (χ2n) is 7.25. The van der Waals surface area contributed by atoms with Gasteiger partial charge in [0.2, 0.25) is 0 Å². The molecule has 0 saturated carbocycles. The Morgan fingerprint density at radius 3 is 2.83 bits per heavy atom. The highest BCUT2D eigenvalue weighted by Crippen LogP contribution is 2.40. The number of likely N-dealkylation sites (tertiary alicyclic amines) is 1. The first-order valence-electron chi connectivity index (χ1n) is 9.42. The van der Waals surface area contributed by atoms with Crippen molar-refractivity contribution in [2.24, 2.45) is 7.05 Å². The van der Waals surface area contributed by atoms with E-state index in [0.29, 0.717) is 37.1 Å². The van der Waals surface area contributed by atoms with Gasteiger partial charge < -0.3 is 9.42 Å². The second-order valence-corrected chi connectivity index (χ2v) is 7.25. The molecule has 3 aromatic heterocycles. The summed E-state index contributed by atoms with van der Waals surface area (Å²) in [5.41, 5.74) is 0.0628. The third kappa shape index (κ3) is 3.58. The van der Waals surface area contributed by atoms with Crippen LogP contribution in [0.25, 0.3) is 11.1 Å². The number of hydrogen-bond donors (Lipinski definition) is 0. The molecule has 7 nitrogen and oxygen atoms in total. The van der Waals surface area contributed by atoms with Gasteiger partial charge in [0.1, 0.15) is 0 Å². The second kappa shape index (κ2) is 7.16. The van der Waals surface area contributed by atoms with Crippen molar-refractivity contribution in [3.63, 3.8) is 0 Å². The number of rotatable bonds is 3. The van der Waals surface area contributed by atoms with E-state index in [4.69, 9.17) is 4.52 Å². The number of alkyl halides is 3. The first-order valence-corrected chi connectivity index (χ1v) is 9.42. The highest BCUT2D eigenvalue weighted by Gasteiger charge is 2.38. The summed E-state index contributed by atoms with van der Waals surface area (Å²) in [4.78, 5) is 18.5. The minimum atomic E-state index is -4.55. The Morgan fingerprint density at radius 2 is 2.17 bits per heavy atom. The third-order valence-electron chi connectivity index (χ3n) is 5.24. The number of piperidine rings is 1. The quantitative estimate of drug-likeness (QED) is 0.664. The lowest BCUT2D eigenvalue weighted by molar-refractivity contribution is -0.136. The van der Waals surface area contributed by atoms with Gasteiger partial charge in [-0.15, -0.1) is 0 Å². The molecule has 0 N–H and O–H groups in total. The van der Waals surface area contributed by atoms with Crippen molar-refractivity contribution >= 4 is 17.0 Å². The molecule has 1 unspecified atom stereocenters. The average Bonchev–Trinajstić information content (AvgIpc) is 3.32. The summed E-state index contributed by atoms with van der Waals surface area (Å²) in [6.45, 7) is 2.53. The lowest BCUT2D eigenvalue weighted by atomic mass is 9.91. The summed E-state index contributed by atoms with van der Waals surface area (Å²) in [5, 5.41) is 7.85. The van der Waals surface area contributed by atoms with E-state index in [-0.39, 0.29) is 35.2 Å². The number of hydrogen-bond acceptors (Lipinski definition) is 5. The van der Waals surface area contributed by atoms with Gasteiger partial charge in [0, 0.05) is 37.9 Å². The molecular weight excluding hydrogens is 387 g/mol. The number of nitrogens with zero attached hydrogens (tertiary/aromatic N) is 5. The Bertz CT molecular complexity index is 1060. The molecule has 4 heterocycles. The summed E-state index contributed by atoms with van der Waals surface area (Å²) in [6, 6.07) is 1.06. The summed E-state index contributed by atoms with van der Waals surface area (Å²) >= 11 is 0. The number of carbonyl (C=O) groups excluding carboxylic acids is 1. The molecule has 0 aromatic carbocycles. The Hall–Kier alpha value is -2.91. The van der Waals surface area contributed by atoms with Crippen LogP contribution in [0.15, 0.2) is 23.0 Å². The molecule has 0 bridgehead atoms. The molecule has 1 aliphatic rings. The van der Waals surface area contributed by atoms with E-state index in [2.05, 4.69) is 15.2 Å². The lowest BCUT2D eigenvalue weighted by Gasteiger charge is -2.31. The first kappa shape index (κ1) is 19.4. The standard InChI is InChI=1S/C19H20F3N5O2/c1-3-13-7-14(19(20,21)22)15-16(25-29-17(15)24-13)11-5-4-6-27(10-11)18(28)12-8-23-26(2)9-12/h7-9,11H,3-6,10H2,1-2H3. The summed E-state index contributed by atoms with van der Waals surface area (Å²) in [6.07, 6.45) is 0.181. The van der Waals surface area contributed by atoms with Gasteiger partial charge in [0.25, 0.3) is 11.6 Å². The molecule has 154 valence electrons. The molecule has 4 rings (SSSR count). The van der Waals surface area contributed by atoms with Crippen LogP contribution in [0.5, 0.6) is 0 Å². The predicted molar refractivity (Wildman–Crippen MR) is 97.3 cm³/mol. The highest BCUT2D eigenvalue weighted by molar-refractivity contribution is 5.94. The topological polar surface area (TPSA) is 77.0 Å². The number of fused-ring (bicyclic) bond motifs is 1. The van der Waals surface area contributed by atoms with Crippen molar-refractivity contribution < 1.29 is 22.5 Å². The van der Waals surface area contributed by atoms with Crippen molar-refractivity contribution in [2.75, 3.05) is 13.1 Å². The van der Waals surface area contributed by atoms with Gasteiger partial charge in [-0.3, -0.25) is 9.48 Å². The Labute approximate surface area is 164 Å². The largest absolute Gasteiger partial charge is 0.417 e. The van der Waals surface area contributed by atoms with Crippen molar-refractivity contribution in [3.05, 3.63) is 41.0 Å². The van der Waals surface area contributed by atoms with Crippen molar-refractivity contribution in [2.45, 2.75) is 38.3 Å². The van der Waals surface area contributed by atoms with E-state index in [1.54, 1.807) is 25.1 Å². The zero-order valence-corrected chi connectivity index (χ0v) is 16.0. The van der Waals surface area contributed by atoms with Crippen LogP contribution >= 0.6 is 0 Å². The first-order chi connectivity index (χ1) is 13.8. The van der Waals surface area contributed by atoms with Crippen LogP contribution in [0.3, 0.4) is 0 Å². The number of aryl methyl sites for hydroxylation is 2. The number of halogens is 3. The van der Waals surface area contributed by atoms with E-state index < -0.39 is 11.7 Å². The number of pyridine rings is 1. The molecule has 0 radical (unpaired) electrons. The van der Waals surface area contributed by atoms with Gasteiger partial charge in [-0.25, -0.2) is 4.98 Å². The molecule has 10 heteroatoms. The minimum Gasteiger partial charge on any atom is -0.338 e. The van der Waals surface area contributed by atoms with Crippen LogP contribution in [0.1, 0.15) is 53.0 Å². The van der Waals surface area contributed by atoms with Gasteiger partial charge in [0.15, 0.2) is 0 Å². The average molecular weight is 407 g/mol. The maximum atomic E-state index is 13.7. The molecule has 3 aromatic rings. The lowest BCUT2D eigenvalue weighted by Crippen LogP contribution is -2.39. The fourth-order valence-corrected chi connectivity index (χ4v) is 3.81. The maximum absolute atomic E-state index is 13.7. The monoisotopic (exact) mass is 407 g/mol. The van der Waals surface area contributed by atoms with E-state index in [0.717, 1.165) is 6.07 Å². The SMILES string of the molecule is CCc1cc(C(F)(F)F)c2c(C3CCCN(C(=O)c4cnn(C)c4)C3)noc2n1. The fraction of sp³-hybridized carbons (Fsp3) is 0.474. The van der Waals surface area contributed by atoms with Gasteiger partial charge in [-0.05, 0) is 25.3 Å². The summed E-state index contributed by atoms with van der Waals surface area (Å²) in [7, 11) is 1.72. The zero-order chi connectivity index (χ0) is 20.8. The van der Waals surface area contributed by atoms with Crippen LogP contribution in [-0.4, -0.2) is 43.8 Å². The molecule has 1 fully saturated rings. The molecule has 1 atom stereocenters. The fourth-order valence-electron chi connectivity index (χ4n) is 3.81.